The molecule has 0 aliphatic rings. The molecule has 1 heterocycles. The van der Waals surface area contributed by atoms with Crippen LogP contribution in [0.3, 0.4) is 0 Å². The number of aromatic nitrogens is 1. The first kappa shape index (κ1) is 18.3. The van der Waals surface area contributed by atoms with Gasteiger partial charge in [0.1, 0.15) is 0 Å². The van der Waals surface area contributed by atoms with Gasteiger partial charge < -0.3 is 4.57 Å². The number of nitrogens with zero attached hydrogens (tertiary/aromatic N) is 1. The van der Waals surface area contributed by atoms with Crippen LogP contribution in [0.4, 0.5) is 0 Å². The molecule has 1 nitrogen and oxygen atoms in total. The van der Waals surface area contributed by atoms with Gasteiger partial charge in [-0.05, 0) is 29.5 Å². The zero-order valence-electron chi connectivity index (χ0n) is 16.2. The molecule has 0 amide bonds. The lowest BCUT2D eigenvalue weighted by Gasteiger charge is -2.31. The van der Waals surface area contributed by atoms with Gasteiger partial charge in [0, 0.05) is 30.1 Å². The second kappa shape index (κ2) is 7.25. The zero-order chi connectivity index (χ0) is 17.9. The molecule has 0 aliphatic carbocycles. The van der Waals surface area contributed by atoms with Crippen molar-refractivity contribution in [2.75, 3.05) is 0 Å². The van der Waals surface area contributed by atoms with E-state index in [0.717, 1.165) is 0 Å². The molecule has 0 bridgehead atoms. The van der Waals surface area contributed by atoms with Crippen molar-refractivity contribution in [2.24, 2.45) is 12.5 Å². The molecule has 1 aromatic heterocycles. The maximum atomic E-state index is 2.33. The summed E-state index contributed by atoms with van der Waals surface area (Å²) in [6.07, 6.45) is 2.31. The highest BCUT2D eigenvalue weighted by Crippen LogP contribution is 2.43. The van der Waals surface area contributed by atoms with Crippen molar-refractivity contribution in [1.29, 1.82) is 0 Å². The molecular weight excluding hydrogens is 290 g/mol. The summed E-state index contributed by atoms with van der Waals surface area (Å²) in [6.45, 7) is 13.1. The summed E-state index contributed by atoms with van der Waals surface area (Å²) in [5.41, 5.74) is 5.61. The third-order valence-corrected chi connectivity index (χ3v) is 4.52. The van der Waals surface area contributed by atoms with Gasteiger partial charge in [0.25, 0.3) is 0 Å². The quantitative estimate of drug-likeness (QED) is 0.495. The van der Waals surface area contributed by atoms with Crippen molar-refractivity contribution in [2.45, 2.75) is 47.5 Å². The molecule has 0 saturated heterocycles. The smallest absolute Gasteiger partial charge is 0.0480 e. The molecule has 0 spiro atoms. The molecule has 2 aromatic carbocycles. The van der Waals surface area contributed by atoms with Crippen molar-refractivity contribution in [3.63, 3.8) is 0 Å². The van der Waals surface area contributed by atoms with Crippen molar-refractivity contribution in [3.8, 4) is 0 Å². The molecule has 1 unspecified atom stereocenters. The van der Waals surface area contributed by atoms with E-state index >= 15 is 0 Å². The number of rotatable bonds is 2. The lowest BCUT2D eigenvalue weighted by molar-refractivity contribution is 0.360. The number of benzene rings is 2. The minimum Gasteiger partial charge on any atom is -0.350 e. The molecule has 24 heavy (non-hydrogen) atoms. The molecule has 0 radical (unpaired) electrons. The van der Waals surface area contributed by atoms with Crippen molar-refractivity contribution >= 4 is 10.9 Å². The Balaban J connectivity index is 0.00000100. The van der Waals surface area contributed by atoms with Crippen LogP contribution in [0, 0.1) is 12.3 Å². The van der Waals surface area contributed by atoms with Crippen LogP contribution in [0.25, 0.3) is 10.9 Å². The normalized spacial score (nSPS) is 12.6. The first-order valence-electron chi connectivity index (χ1n) is 8.98. The predicted molar refractivity (Wildman–Crippen MR) is 107 cm³/mol. The maximum absolute atomic E-state index is 2.33. The third kappa shape index (κ3) is 3.56. The number of fused-ring (bicyclic) bond motifs is 1. The second-order valence-electron chi connectivity index (χ2n) is 7.42. The van der Waals surface area contributed by atoms with Crippen LogP contribution in [0.1, 0.15) is 57.2 Å². The lowest BCUT2D eigenvalue weighted by atomic mass is 9.72. The van der Waals surface area contributed by atoms with E-state index in [1.54, 1.807) is 0 Å². The van der Waals surface area contributed by atoms with Gasteiger partial charge in [0.15, 0.2) is 0 Å². The minimum absolute atomic E-state index is 0.166. The Bertz CT molecular complexity index is 785. The Morgan fingerprint density at radius 1 is 0.875 bits per heavy atom. The van der Waals surface area contributed by atoms with E-state index in [9.17, 15) is 0 Å². The van der Waals surface area contributed by atoms with Crippen LogP contribution in [0.15, 0.2) is 54.7 Å². The topological polar surface area (TPSA) is 4.93 Å². The van der Waals surface area contributed by atoms with Gasteiger partial charge in [-0.2, -0.15) is 0 Å². The molecule has 1 atom stereocenters. The number of hydrogen-bond acceptors (Lipinski definition) is 0. The number of para-hydroxylation sites is 1. The maximum Gasteiger partial charge on any atom is 0.0480 e. The third-order valence-electron chi connectivity index (χ3n) is 4.52. The van der Waals surface area contributed by atoms with Gasteiger partial charge in [-0.3, -0.25) is 0 Å². The highest BCUT2D eigenvalue weighted by atomic mass is 14.9. The highest BCUT2D eigenvalue weighted by Gasteiger charge is 2.30. The van der Waals surface area contributed by atoms with Gasteiger partial charge in [-0.1, -0.05) is 82.6 Å². The Labute approximate surface area is 147 Å². The van der Waals surface area contributed by atoms with E-state index in [1.807, 2.05) is 13.8 Å². The van der Waals surface area contributed by atoms with Gasteiger partial charge in [0.2, 0.25) is 0 Å². The van der Waals surface area contributed by atoms with Crippen LogP contribution in [-0.2, 0) is 7.05 Å². The van der Waals surface area contributed by atoms with Gasteiger partial charge >= 0.3 is 0 Å². The van der Waals surface area contributed by atoms with E-state index in [4.69, 9.17) is 0 Å². The summed E-state index contributed by atoms with van der Waals surface area (Å²) in [6, 6.07) is 17.7. The fourth-order valence-corrected chi connectivity index (χ4v) is 3.51. The standard InChI is InChI=1S/C21H25N.C2H6/c1-15-10-12-16(13-11-15)20(21(2,3)4)18-14-22(5)19-9-7-6-8-17(18)19;1-2/h6-14,20H,1-5H3;1-2H3. The Morgan fingerprint density at radius 3 is 2.04 bits per heavy atom. The van der Waals surface area contributed by atoms with E-state index in [0.29, 0.717) is 5.92 Å². The monoisotopic (exact) mass is 321 g/mol. The molecule has 0 fully saturated rings. The fourth-order valence-electron chi connectivity index (χ4n) is 3.51. The van der Waals surface area contributed by atoms with Gasteiger partial charge in [0.05, 0.1) is 0 Å². The predicted octanol–water partition coefficient (Wildman–Crippen LogP) is 6.69. The van der Waals surface area contributed by atoms with Crippen LogP contribution < -0.4 is 0 Å². The molecular formula is C23H31N. The Morgan fingerprint density at radius 2 is 1.46 bits per heavy atom. The number of hydrogen-bond donors (Lipinski definition) is 0. The summed E-state index contributed by atoms with van der Waals surface area (Å²) in [5.74, 6) is 0.388. The molecule has 3 aromatic rings. The van der Waals surface area contributed by atoms with Crippen molar-refractivity contribution in [3.05, 3.63) is 71.4 Å². The van der Waals surface area contributed by atoms with Crippen LogP contribution in [0.2, 0.25) is 0 Å². The SMILES string of the molecule is CC.Cc1ccc(C(c2cn(C)c3ccccc23)C(C)(C)C)cc1. The summed E-state index contributed by atoms with van der Waals surface area (Å²) >= 11 is 0. The van der Waals surface area contributed by atoms with Crippen LogP contribution in [0.5, 0.6) is 0 Å². The average Bonchev–Trinajstić information content (AvgIpc) is 2.88. The minimum atomic E-state index is 0.166. The van der Waals surface area contributed by atoms with E-state index < -0.39 is 0 Å². The van der Waals surface area contributed by atoms with Crippen LogP contribution >= 0.6 is 0 Å². The van der Waals surface area contributed by atoms with Gasteiger partial charge in [-0.15, -0.1) is 0 Å². The molecule has 0 N–H and O–H groups in total. The average molecular weight is 322 g/mol. The Hall–Kier alpha value is -2.02. The molecule has 128 valence electrons. The molecule has 0 saturated carbocycles. The van der Waals surface area contributed by atoms with Crippen LogP contribution in [-0.4, -0.2) is 4.57 Å². The molecule has 1 heteroatoms. The molecule has 3 rings (SSSR count). The molecule has 0 aliphatic heterocycles. The van der Waals surface area contributed by atoms with Crippen molar-refractivity contribution < 1.29 is 0 Å². The largest absolute Gasteiger partial charge is 0.350 e. The zero-order valence-corrected chi connectivity index (χ0v) is 16.2. The first-order valence-corrected chi connectivity index (χ1v) is 8.98. The summed E-state index contributed by atoms with van der Waals surface area (Å²) in [5, 5.41) is 1.37. The Kier molecular flexibility index (Phi) is 5.54. The summed E-state index contributed by atoms with van der Waals surface area (Å²) < 4.78 is 2.25. The van der Waals surface area contributed by atoms with Gasteiger partial charge in [-0.25, -0.2) is 0 Å². The van der Waals surface area contributed by atoms with E-state index in [-0.39, 0.29) is 5.41 Å². The fraction of sp³-hybridized carbons (Fsp3) is 0.391. The summed E-state index contributed by atoms with van der Waals surface area (Å²) in [7, 11) is 2.14. The summed E-state index contributed by atoms with van der Waals surface area (Å²) in [4.78, 5) is 0. The van der Waals surface area contributed by atoms with E-state index in [1.165, 1.54) is 27.6 Å². The number of aryl methyl sites for hydroxylation is 2. The first-order chi connectivity index (χ1) is 11.4. The lowest BCUT2D eigenvalue weighted by Crippen LogP contribution is -2.19. The highest BCUT2D eigenvalue weighted by molar-refractivity contribution is 5.85. The second-order valence-corrected chi connectivity index (χ2v) is 7.42. The van der Waals surface area contributed by atoms with Crippen molar-refractivity contribution in [1.82, 2.24) is 4.57 Å². The van der Waals surface area contributed by atoms with E-state index in [2.05, 4.69) is 94.0 Å².